The third-order valence-electron chi connectivity index (χ3n) is 8.51. The summed E-state index contributed by atoms with van der Waals surface area (Å²) in [7, 11) is 0. The molecule has 1 unspecified atom stereocenters. The molecule has 0 N–H and O–H groups in total. The zero-order valence-electron chi connectivity index (χ0n) is 23.1. The van der Waals surface area contributed by atoms with Crippen molar-refractivity contribution >= 4 is 0 Å². The summed E-state index contributed by atoms with van der Waals surface area (Å²) < 4.78 is 0.544. The van der Waals surface area contributed by atoms with Crippen molar-refractivity contribution in [3.05, 3.63) is 117 Å². The third kappa shape index (κ3) is 4.32. The van der Waals surface area contributed by atoms with Gasteiger partial charge in [0, 0.05) is 0 Å². The SMILES string of the molecule is CC(C)(C)c1ccc2c(c1)Cc1c-2ccc(C(C)(C)C)c1[CH]([Zr])Cc1cccc2c1Cc1ccccc1-2. The van der Waals surface area contributed by atoms with E-state index in [9.17, 15) is 0 Å². The Morgan fingerprint density at radius 1 is 0.649 bits per heavy atom. The molecule has 0 bridgehead atoms. The standard InChI is InChI=1S/C36H37.Zr/c1-35(2,3)26-15-17-28-25(20-26)22-33-30(28)18-19-34(36(4,5)6)31(33)16-14-23-11-9-13-29-27-12-8-7-10-24(27)21-32(23)29;/h7-13,15-20H,14,21-22H2,1-6H3;. The van der Waals surface area contributed by atoms with Gasteiger partial charge < -0.3 is 0 Å². The molecular weight excluding hydrogens is 524 g/mol. The monoisotopic (exact) mass is 559 g/mol. The van der Waals surface area contributed by atoms with Crippen LogP contribution in [0.1, 0.15) is 89.7 Å². The molecule has 2 aliphatic rings. The second-order valence-electron chi connectivity index (χ2n) is 13.1. The summed E-state index contributed by atoms with van der Waals surface area (Å²) in [5.74, 6) is 0. The van der Waals surface area contributed by atoms with E-state index in [0.29, 0.717) is 3.63 Å². The quantitative estimate of drug-likeness (QED) is 0.202. The predicted octanol–water partition coefficient (Wildman–Crippen LogP) is 9.25. The van der Waals surface area contributed by atoms with Crippen LogP contribution in [0.15, 0.2) is 72.8 Å². The molecule has 0 aliphatic heterocycles. The summed E-state index contributed by atoms with van der Waals surface area (Å²) in [4.78, 5) is 0. The van der Waals surface area contributed by atoms with E-state index in [-0.39, 0.29) is 10.8 Å². The van der Waals surface area contributed by atoms with E-state index in [2.05, 4.69) is 114 Å². The Bertz CT molecular complexity index is 1520. The van der Waals surface area contributed by atoms with Gasteiger partial charge in [-0.3, -0.25) is 0 Å². The summed E-state index contributed by atoms with van der Waals surface area (Å²) >= 11 is 1.61. The average Bonchev–Trinajstić information content (AvgIpc) is 3.41. The van der Waals surface area contributed by atoms with Gasteiger partial charge in [-0.2, -0.15) is 0 Å². The number of hydrogen-bond acceptors (Lipinski definition) is 0. The Morgan fingerprint density at radius 2 is 1.30 bits per heavy atom. The first-order valence-corrected chi connectivity index (χ1v) is 15.1. The first-order valence-electron chi connectivity index (χ1n) is 13.7. The van der Waals surface area contributed by atoms with Gasteiger partial charge in [-0.1, -0.05) is 0 Å². The van der Waals surface area contributed by atoms with Crippen LogP contribution >= 0.6 is 0 Å². The van der Waals surface area contributed by atoms with Crippen LogP contribution in [0.5, 0.6) is 0 Å². The molecule has 0 aromatic heterocycles. The van der Waals surface area contributed by atoms with Crippen LogP contribution in [0.2, 0.25) is 0 Å². The molecule has 0 nitrogen and oxygen atoms in total. The molecule has 2 aliphatic carbocycles. The molecule has 0 fully saturated rings. The van der Waals surface area contributed by atoms with Gasteiger partial charge in [0.25, 0.3) is 0 Å². The van der Waals surface area contributed by atoms with E-state index in [1.165, 1.54) is 44.5 Å². The van der Waals surface area contributed by atoms with Gasteiger partial charge in [0.1, 0.15) is 0 Å². The number of rotatable bonds is 3. The molecule has 6 rings (SSSR count). The van der Waals surface area contributed by atoms with Crippen LogP contribution in [0, 0.1) is 0 Å². The summed E-state index contributed by atoms with van der Waals surface area (Å²) in [5, 5.41) is 0. The molecule has 4 aromatic rings. The van der Waals surface area contributed by atoms with Gasteiger partial charge in [0.05, 0.1) is 0 Å². The minimum atomic E-state index is 0.124. The predicted molar refractivity (Wildman–Crippen MR) is 153 cm³/mol. The van der Waals surface area contributed by atoms with Crippen LogP contribution in [0.4, 0.5) is 0 Å². The zero-order valence-corrected chi connectivity index (χ0v) is 25.6. The normalized spacial score (nSPS) is 14.6. The topological polar surface area (TPSA) is 0 Å². The van der Waals surface area contributed by atoms with Crippen molar-refractivity contribution in [1.29, 1.82) is 0 Å². The Morgan fingerprint density at radius 3 is 2.05 bits per heavy atom. The summed E-state index contributed by atoms with van der Waals surface area (Å²) in [5.41, 5.74) is 18.4. The van der Waals surface area contributed by atoms with Crippen molar-refractivity contribution in [2.24, 2.45) is 0 Å². The molecule has 0 saturated heterocycles. The molecule has 0 saturated carbocycles. The van der Waals surface area contributed by atoms with Gasteiger partial charge in [-0.25, -0.2) is 0 Å². The van der Waals surface area contributed by atoms with Crippen molar-refractivity contribution < 1.29 is 24.7 Å². The fraction of sp³-hybridized carbons (Fsp3) is 0.333. The maximum atomic E-state index is 2.48. The minimum absolute atomic E-state index is 0.124. The third-order valence-corrected chi connectivity index (χ3v) is 9.73. The first kappa shape index (κ1) is 25.1. The zero-order chi connectivity index (χ0) is 26.1. The Balaban J connectivity index is 1.42. The van der Waals surface area contributed by atoms with Crippen LogP contribution in [0.25, 0.3) is 22.3 Å². The van der Waals surface area contributed by atoms with Crippen molar-refractivity contribution in [1.82, 2.24) is 0 Å². The first-order chi connectivity index (χ1) is 17.5. The van der Waals surface area contributed by atoms with Crippen molar-refractivity contribution in [3.63, 3.8) is 0 Å². The Hall–Kier alpha value is -2.24. The molecule has 4 aromatic carbocycles. The van der Waals surface area contributed by atoms with Gasteiger partial charge in [-0.15, -0.1) is 0 Å². The number of benzene rings is 4. The van der Waals surface area contributed by atoms with Gasteiger partial charge in [0.15, 0.2) is 0 Å². The van der Waals surface area contributed by atoms with Crippen LogP contribution < -0.4 is 0 Å². The van der Waals surface area contributed by atoms with E-state index >= 15 is 0 Å². The fourth-order valence-electron chi connectivity index (χ4n) is 6.56. The molecule has 185 valence electrons. The van der Waals surface area contributed by atoms with E-state index in [1.807, 2.05) is 0 Å². The van der Waals surface area contributed by atoms with Gasteiger partial charge >= 0.3 is 240 Å². The van der Waals surface area contributed by atoms with Gasteiger partial charge in [0.2, 0.25) is 0 Å². The van der Waals surface area contributed by atoms with Crippen molar-refractivity contribution in [2.75, 3.05) is 0 Å². The molecule has 1 atom stereocenters. The summed E-state index contributed by atoms with van der Waals surface area (Å²) in [6, 6.07) is 28.1. The molecule has 0 heterocycles. The molecule has 0 spiro atoms. The summed E-state index contributed by atoms with van der Waals surface area (Å²) in [6.45, 7) is 14.1. The second-order valence-corrected chi connectivity index (χ2v) is 14.8. The molecule has 0 amide bonds. The van der Waals surface area contributed by atoms with Crippen LogP contribution in [-0.2, 0) is 54.8 Å². The van der Waals surface area contributed by atoms with E-state index < -0.39 is 0 Å². The molecule has 0 radical (unpaired) electrons. The summed E-state index contributed by atoms with van der Waals surface area (Å²) in [6.07, 6.45) is 3.26. The van der Waals surface area contributed by atoms with E-state index in [4.69, 9.17) is 0 Å². The molecular formula is C36H37Zr. The van der Waals surface area contributed by atoms with Crippen LogP contribution in [0.3, 0.4) is 0 Å². The molecule has 1 heteroatoms. The average molecular weight is 561 g/mol. The van der Waals surface area contributed by atoms with Crippen molar-refractivity contribution in [3.8, 4) is 22.3 Å². The van der Waals surface area contributed by atoms with E-state index in [0.717, 1.165) is 19.3 Å². The van der Waals surface area contributed by atoms with Crippen molar-refractivity contribution in [2.45, 2.75) is 75.3 Å². The Labute approximate surface area is 238 Å². The Kier molecular flexibility index (Phi) is 6.04. The fourth-order valence-corrected chi connectivity index (χ4v) is 7.91. The number of hydrogen-bond donors (Lipinski definition) is 0. The second kappa shape index (κ2) is 8.91. The van der Waals surface area contributed by atoms with E-state index in [1.54, 1.807) is 47.0 Å². The number of fused-ring (bicyclic) bond motifs is 6. The maximum absolute atomic E-state index is 2.48. The van der Waals surface area contributed by atoms with Gasteiger partial charge in [-0.05, 0) is 0 Å². The van der Waals surface area contributed by atoms with Crippen LogP contribution in [-0.4, -0.2) is 0 Å². The molecule has 37 heavy (non-hydrogen) atoms.